The van der Waals surface area contributed by atoms with Crippen LogP contribution in [0.25, 0.3) is 31.3 Å². The molecule has 346 valence electrons. The van der Waals surface area contributed by atoms with Gasteiger partial charge in [0.05, 0.1) is 15.9 Å². The zero-order chi connectivity index (χ0) is 48.1. The number of benzene rings is 8. The standard InChI is InChI=1S/C65H62BN3S/c1-41-35-57-60-58(36-41)68(54-25-18-24-49-48-23-13-14-26-59(48)70-61(49)54)56-40-47(69-53-32-27-43(42-19-11-10-12-20-42)37-50(53)64(8)33-15-16-34-65(64,69)9)29-31-52(56)66(60)51-30-28-45(63(5,6)7)39-55(51)67(57)46-22-17-21-44(38-46)62(2,3)4/h10-14,17-32,35-40H,15-16,33-34H2,1-9H3. The Bertz CT molecular complexity index is 3610. The van der Waals surface area contributed by atoms with E-state index >= 15 is 0 Å². The zero-order valence-corrected chi connectivity index (χ0v) is 43.1. The van der Waals surface area contributed by atoms with Gasteiger partial charge >= 0.3 is 0 Å². The fourth-order valence-electron chi connectivity index (χ4n) is 13.2. The molecule has 5 heteroatoms. The molecule has 8 aromatic carbocycles. The van der Waals surface area contributed by atoms with Crippen molar-refractivity contribution in [3.8, 4) is 11.1 Å². The lowest BCUT2D eigenvalue weighted by Crippen LogP contribution is -2.61. The van der Waals surface area contributed by atoms with Crippen molar-refractivity contribution in [1.82, 2.24) is 0 Å². The highest BCUT2D eigenvalue weighted by Crippen LogP contribution is 2.62. The molecular formula is C65H62BN3S. The van der Waals surface area contributed by atoms with E-state index in [1.54, 1.807) is 0 Å². The van der Waals surface area contributed by atoms with Crippen LogP contribution in [0, 0.1) is 6.92 Å². The van der Waals surface area contributed by atoms with E-state index in [0.717, 1.165) is 6.42 Å². The summed E-state index contributed by atoms with van der Waals surface area (Å²) in [5, 5.41) is 2.63. The summed E-state index contributed by atoms with van der Waals surface area (Å²) < 4.78 is 2.64. The largest absolute Gasteiger partial charge is 0.334 e. The van der Waals surface area contributed by atoms with Crippen molar-refractivity contribution in [3.05, 3.63) is 186 Å². The summed E-state index contributed by atoms with van der Waals surface area (Å²) in [5.41, 5.74) is 22.1. The van der Waals surface area contributed by atoms with E-state index in [2.05, 4.69) is 241 Å². The van der Waals surface area contributed by atoms with Gasteiger partial charge in [0.15, 0.2) is 0 Å². The van der Waals surface area contributed by atoms with Crippen molar-refractivity contribution in [2.24, 2.45) is 0 Å². The van der Waals surface area contributed by atoms with Gasteiger partial charge in [0.25, 0.3) is 6.71 Å². The summed E-state index contributed by atoms with van der Waals surface area (Å²) in [5.74, 6) is 0. The lowest BCUT2D eigenvalue weighted by molar-refractivity contribution is 0.195. The van der Waals surface area contributed by atoms with Crippen LogP contribution in [0.1, 0.15) is 103 Å². The molecule has 2 unspecified atom stereocenters. The molecule has 0 N–H and O–H groups in total. The van der Waals surface area contributed by atoms with Gasteiger partial charge in [0.2, 0.25) is 0 Å². The molecule has 1 fully saturated rings. The van der Waals surface area contributed by atoms with Crippen LogP contribution in [0.15, 0.2) is 164 Å². The number of thiophene rings is 1. The highest BCUT2D eigenvalue weighted by Gasteiger charge is 2.58. The molecule has 9 aromatic rings. The predicted molar refractivity (Wildman–Crippen MR) is 304 cm³/mol. The highest BCUT2D eigenvalue weighted by atomic mass is 32.1. The number of anilines is 8. The average molecular weight is 928 g/mol. The second kappa shape index (κ2) is 15.2. The molecule has 0 spiro atoms. The van der Waals surface area contributed by atoms with Crippen LogP contribution >= 0.6 is 11.3 Å². The Morgan fingerprint density at radius 1 is 0.500 bits per heavy atom. The minimum atomic E-state index is -0.104. The second-order valence-electron chi connectivity index (χ2n) is 23.4. The second-order valence-corrected chi connectivity index (χ2v) is 24.4. The van der Waals surface area contributed by atoms with Crippen LogP contribution in [-0.4, -0.2) is 12.3 Å². The van der Waals surface area contributed by atoms with Gasteiger partial charge in [0, 0.05) is 60.7 Å². The fraction of sp³-hybridized carbons (Fsp3) is 0.262. The first kappa shape index (κ1) is 43.5. The maximum atomic E-state index is 2.78. The maximum absolute atomic E-state index is 2.78. The van der Waals surface area contributed by atoms with Crippen LogP contribution in [0.5, 0.6) is 0 Å². The molecule has 1 aliphatic carbocycles. The minimum Gasteiger partial charge on any atom is -0.334 e. The topological polar surface area (TPSA) is 9.72 Å². The quantitative estimate of drug-likeness (QED) is 0.163. The van der Waals surface area contributed by atoms with Gasteiger partial charge in [-0.05, 0) is 154 Å². The lowest BCUT2D eigenvalue weighted by atomic mass is 9.33. The number of aryl methyl sites for hydroxylation is 1. The van der Waals surface area contributed by atoms with E-state index < -0.39 is 0 Å². The highest BCUT2D eigenvalue weighted by molar-refractivity contribution is 7.26. The van der Waals surface area contributed by atoms with Gasteiger partial charge in [0.1, 0.15) is 0 Å². The zero-order valence-electron chi connectivity index (χ0n) is 42.2. The van der Waals surface area contributed by atoms with Crippen LogP contribution in [0.4, 0.5) is 45.5 Å². The molecule has 2 atom stereocenters. The van der Waals surface area contributed by atoms with Crippen LogP contribution in [0.2, 0.25) is 0 Å². The minimum absolute atomic E-state index is 0.000991. The summed E-state index contributed by atoms with van der Waals surface area (Å²) >= 11 is 1.92. The van der Waals surface area contributed by atoms with Gasteiger partial charge in [-0.1, -0.05) is 158 Å². The summed E-state index contributed by atoms with van der Waals surface area (Å²) in [6, 6.07) is 63.6. The molecule has 0 radical (unpaired) electrons. The van der Waals surface area contributed by atoms with E-state index in [9.17, 15) is 0 Å². The Morgan fingerprint density at radius 2 is 1.17 bits per heavy atom. The lowest BCUT2D eigenvalue weighted by Gasteiger charge is -2.50. The third kappa shape index (κ3) is 6.26. The first-order valence-electron chi connectivity index (χ1n) is 25.7. The van der Waals surface area contributed by atoms with Crippen molar-refractivity contribution in [3.63, 3.8) is 0 Å². The molecule has 1 aromatic heterocycles. The third-order valence-corrected chi connectivity index (χ3v) is 18.3. The molecule has 4 heterocycles. The Morgan fingerprint density at radius 3 is 1.96 bits per heavy atom. The Balaban J connectivity index is 1.10. The van der Waals surface area contributed by atoms with Crippen molar-refractivity contribution >= 4 is 100 Å². The monoisotopic (exact) mass is 927 g/mol. The Hall–Kier alpha value is -6.56. The average Bonchev–Trinajstić information content (AvgIpc) is 3.83. The van der Waals surface area contributed by atoms with E-state index in [1.165, 1.54) is 135 Å². The summed E-state index contributed by atoms with van der Waals surface area (Å²) in [4.78, 5) is 8.06. The number of nitrogens with zero attached hydrogens (tertiary/aromatic N) is 3. The number of fused-ring (bicyclic) bond motifs is 10. The van der Waals surface area contributed by atoms with Gasteiger partial charge in [-0.15, -0.1) is 11.3 Å². The maximum Gasteiger partial charge on any atom is 0.252 e. The number of hydrogen-bond acceptors (Lipinski definition) is 4. The van der Waals surface area contributed by atoms with E-state index in [4.69, 9.17) is 0 Å². The van der Waals surface area contributed by atoms with Crippen LogP contribution in [0.3, 0.4) is 0 Å². The van der Waals surface area contributed by atoms with Gasteiger partial charge in [-0.25, -0.2) is 0 Å². The molecule has 13 rings (SSSR count). The fourth-order valence-corrected chi connectivity index (χ4v) is 14.4. The van der Waals surface area contributed by atoms with E-state index in [1.807, 2.05) is 11.3 Å². The van der Waals surface area contributed by atoms with Crippen LogP contribution < -0.4 is 31.1 Å². The van der Waals surface area contributed by atoms with Gasteiger partial charge < -0.3 is 14.7 Å². The number of hydrogen-bond donors (Lipinski definition) is 0. The normalized spacial score (nSPS) is 19.3. The van der Waals surface area contributed by atoms with Gasteiger partial charge in [-0.2, -0.15) is 0 Å². The molecular weight excluding hydrogens is 866 g/mol. The molecule has 3 nitrogen and oxygen atoms in total. The SMILES string of the molecule is Cc1cc2c3c(c1)N(c1cccc4c1sc1ccccc14)c1cc(N4c5ccc(-c6ccccc6)cc5C5(C)CCCCC45C)ccc1B3c1ccc(C(C)(C)C)cc1N2c1cccc(C(C)(C)C)c1. The van der Waals surface area contributed by atoms with Crippen LogP contribution in [-0.2, 0) is 16.2 Å². The Labute approximate surface area is 419 Å². The van der Waals surface area contributed by atoms with Crippen molar-refractivity contribution < 1.29 is 0 Å². The van der Waals surface area contributed by atoms with Crippen molar-refractivity contribution in [2.45, 2.75) is 110 Å². The number of rotatable bonds is 4. The molecule has 1 saturated carbocycles. The van der Waals surface area contributed by atoms with E-state index in [-0.39, 0.29) is 28.5 Å². The molecule has 3 aliphatic heterocycles. The third-order valence-electron chi connectivity index (χ3n) is 17.1. The smallest absolute Gasteiger partial charge is 0.252 e. The summed E-state index contributed by atoms with van der Waals surface area (Å²) in [6.45, 7) is 21.5. The molecule has 0 saturated heterocycles. The van der Waals surface area contributed by atoms with Crippen molar-refractivity contribution in [2.75, 3.05) is 14.7 Å². The summed E-state index contributed by atoms with van der Waals surface area (Å²) in [6.07, 6.45) is 4.80. The molecule has 0 amide bonds. The van der Waals surface area contributed by atoms with Gasteiger partial charge in [-0.3, -0.25) is 0 Å². The summed E-state index contributed by atoms with van der Waals surface area (Å²) in [7, 11) is 0. The molecule has 0 bridgehead atoms. The first-order valence-corrected chi connectivity index (χ1v) is 26.5. The van der Waals surface area contributed by atoms with Crippen molar-refractivity contribution in [1.29, 1.82) is 0 Å². The predicted octanol–water partition coefficient (Wildman–Crippen LogP) is 16.4. The van der Waals surface area contributed by atoms with E-state index in [0.29, 0.717) is 0 Å². The Kier molecular flexibility index (Phi) is 9.45. The first-order chi connectivity index (χ1) is 33.6. The molecule has 70 heavy (non-hydrogen) atoms. The molecule has 4 aliphatic rings.